The van der Waals surface area contributed by atoms with Crippen molar-refractivity contribution in [1.29, 1.82) is 0 Å². The Morgan fingerprint density at radius 1 is 1.64 bits per heavy atom. The summed E-state index contributed by atoms with van der Waals surface area (Å²) >= 11 is 0. The van der Waals surface area contributed by atoms with Crippen molar-refractivity contribution < 1.29 is 4.79 Å². The fourth-order valence-corrected chi connectivity index (χ4v) is 1.91. The molecule has 1 aliphatic carbocycles. The van der Waals surface area contributed by atoms with Gasteiger partial charge in [0.25, 0.3) is 0 Å². The van der Waals surface area contributed by atoms with Gasteiger partial charge < -0.3 is 0 Å². The maximum atomic E-state index is 11.0. The molecule has 4 nitrogen and oxygen atoms in total. The number of nitrogens with zero attached hydrogens (tertiary/aromatic N) is 1. The molecule has 0 aromatic heterocycles. The number of amides is 1. The van der Waals surface area contributed by atoms with Crippen LogP contribution in [-0.4, -0.2) is 29.4 Å². The maximum absolute atomic E-state index is 11.0. The molecule has 82 valence electrons. The molecular weight excluding hydrogens is 178 g/mol. The Hall–Kier alpha value is -0.610. The standard InChI is InChI=1S/C10H21N3O/c1-3-13(9-5-6-9)8(2)4-7-10(14)12-11/h8-9H,3-7,11H2,1-2H3,(H,12,14). The average molecular weight is 199 g/mol. The Morgan fingerprint density at radius 3 is 2.71 bits per heavy atom. The monoisotopic (exact) mass is 199 g/mol. The highest BCUT2D eigenvalue weighted by Crippen LogP contribution is 2.29. The summed E-state index contributed by atoms with van der Waals surface area (Å²) in [6.45, 7) is 5.44. The summed E-state index contributed by atoms with van der Waals surface area (Å²) in [5.74, 6) is 4.96. The van der Waals surface area contributed by atoms with E-state index < -0.39 is 0 Å². The molecule has 0 aromatic carbocycles. The number of rotatable bonds is 6. The Morgan fingerprint density at radius 2 is 2.29 bits per heavy atom. The smallest absolute Gasteiger partial charge is 0.233 e. The molecule has 0 spiro atoms. The van der Waals surface area contributed by atoms with E-state index in [0.717, 1.165) is 19.0 Å². The number of nitrogens with one attached hydrogen (secondary N) is 1. The van der Waals surface area contributed by atoms with Crippen molar-refractivity contribution in [2.24, 2.45) is 5.84 Å². The first-order valence-corrected chi connectivity index (χ1v) is 5.44. The molecule has 0 radical (unpaired) electrons. The Kier molecular flexibility index (Phi) is 4.35. The molecule has 4 heteroatoms. The summed E-state index contributed by atoms with van der Waals surface area (Å²) in [4.78, 5) is 13.4. The normalized spacial score (nSPS) is 18.3. The van der Waals surface area contributed by atoms with Gasteiger partial charge in [-0.2, -0.15) is 0 Å². The van der Waals surface area contributed by atoms with Gasteiger partial charge in [-0.3, -0.25) is 15.1 Å². The lowest BCUT2D eigenvalue weighted by Crippen LogP contribution is -2.37. The molecule has 1 saturated carbocycles. The van der Waals surface area contributed by atoms with Crippen molar-refractivity contribution in [3.05, 3.63) is 0 Å². The van der Waals surface area contributed by atoms with Crippen LogP contribution >= 0.6 is 0 Å². The molecule has 1 aliphatic rings. The van der Waals surface area contributed by atoms with Crippen LogP contribution in [0.5, 0.6) is 0 Å². The first-order chi connectivity index (χ1) is 6.69. The van der Waals surface area contributed by atoms with Gasteiger partial charge in [-0.1, -0.05) is 6.92 Å². The second kappa shape index (κ2) is 5.32. The largest absolute Gasteiger partial charge is 0.298 e. The lowest BCUT2D eigenvalue weighted by molar-refractivity contribution is -0.121. The molecule has 3 N–H and O–H groups in total. The van der Waals surface area contributed by atoms with E-state index in [4.69, 9.17) is 5.84 Å². The number of carbonyl (C=O) groups is 1. The first-order valence-electron chi connectivity index (χ1n) is 5.44. The third-order valence-electron chi connectivity index (χ3n) is 2.90. The van der Waals surface area contributed by atoms with E-state index in [2.05, 4.69) is 24.2 Å². The molecule has 0 bridgehead atoms. The van der Waals surface area contributed by atoms with Crippen molar-refractivity contribution in [3.8, 4) is 0 Å². The van der Waals surface area contributed by atoms with E-state index in [-0.39, 0.29) is 5.91 Å². The minimum atomic E-state index is -0.0660. The number of carbonyl (C=O) groups excluding carboxylic acids is 1. The van der Waals surface area contributed by atoms with Crippen LogP contribution in [0.15, 0.2) is 0 Å². The highest BCUT2D eigenvalue weighted by Gasteiger charge is 2.30. The molecule has 1 fully saturated rings. The molecule has 1 unspecified atom stereocenters. The minimum Gasteiger partial charge on any atom is -0.298 e. The van der Waals surface area contributed by atoms with Gasteiger partial charge in [0.05, 0.1) is 0 Å². The van der Waals surface area contributed by atoms with Crippen molar-refractivity contribution in [1.82, 2.24) is 10.3 Å². The lowest BCUT2D eigenvalue weighted by Gasteiger charge is -2.27. The van der Waals surface area contributed by atoms with Crippen LogP contribution in [0, 0.1) is 0 Å². The zero-order chi connectivity index (χ0) is 10.6. The molecule has 0 saturated heterocycles. The molecule has 14 heavy (non-hydrogen) atoms. The highest BCUT2D eigenvalue weighted by atomic mass is 16.2. The minimum absolute atomic E-state index is 0.0660. The van der Waals surface area contributed by atoms with Gasteiger partial charge in [0.1, 0.15) is 0 Å². The molecule has 0 aliphatic heterocycles. The summed E-state index contributed by atoms with van der Waals surface area (Å²) < 4.78 is 0. The van der Waals surface area contributed by atoms with Gasteiger partial charge in [0.15, 0.2) is 0 Å². The van der Waals surface area contributed by atoms with Gasteiger partial charge in [-0.25, -0.2) is 5.84 Å². The Labute approximate surface area is 85.8 Å². The summed E-state index contributed by atoms with van der Waals surface area (Å²) in [5, 5.41) is 0. The SMILES string of the molecule is CCN(C(C)CCC(=O)NN)C1CC1. The topological polar surface area (TPSA) is 58.4 Å². The predicted octanol–water partition coefficient (Wildman–Crippen LogP) is 0.629. The fourth-order valence-electron chi connectivity index (χ4n) is 1.91. The summed E-state index contributed by atoms with van der Waals surface area (Å²) in [7, 11) is 0. The third-order valence-corrected chi connectivity index (χ3v) is 2.90. The van der Waals surface area contributed by atoms with E-state index in [1.54, 1.807) is 0 Å². The first kappa shape index (κ1) is 11.5. The van der Waals surface area contributed by atoms with Crippen molar-refractivity contribution in [3.63, 3.8) is 0 Å². The Bertz CT molecular complexity index is 192. The second-order valence-corrected chi connectivity index (χ2v) is 4.02. The van der Waals surface area contributed by atoms with Crippen LogP contribution < -0.4 is 11.3 Å². The molecule has 1 rings (SSSR count). The summed E-state index contributed by atoms with van der Waals surface area (Å²) in [6, 6.07) is 1.26. The van der Waals surface area contributed by atoms with Gasteiger partial charge in [0, 0.05) is 18.5 Å². The third kappa shape index (κ3) is 3.27. The van der Waals surface area contributed by atoms with Gasteiger partial charge >= 0.3 is 0 Å². The quantitative estimate of drug-likeness (QED) is 0.375. The van der Waals surface area contributed by atoms with Crippen LogP contribution in [0.25, 0.3) is 0 Å². The highest BCUT2D eigenvalue weighted by molar-refractivity contribution is 5.75. The number of hydrogen-bond donors (Lipinski definition) is 2. The van der Waals surface area contributed by atoms with Crippen LogP contribution in [0.4, 0.5) is 0 Å². The van der Waals surface area contributed by atoms with Gasteiger partial charge in [0.2, 0.25) is 5.91 Å². The number of hydrogen-bond acceptors (Lipinski definition) is 3. The van der Waals surface area contributed by atoms with Crippen LogP contribution in [0.1, 0.15) is 39.5 Å². The molecule has 0 heterocycles. The number of hydrazine groups is 1. The fraction of sp³-hybridized carbons (Fsp3) is 0.900. The molecular formula is C10H21N3O. The Balaban J connectivity index is 2.24. The van der Waals surface area contributed by atoms with E-state index in [1.165, 1.54) is 12.8 Å². The van der Waals surface area contributed by atoms with Gasteiger partial charge in [-0.15, -0.1) is 0 Å². The van der Waals surface area contributed by atoms with Crippen LogP contribution in [0.2, 0.25) is 0 Å². The van der Waals surface area contributed by atoms with Crippen LogP contribution in [-0.2, 0) is 4.79 Å². The van der Waals surface area contributed by atoms with E-state index in [1.807, 2.05) is 0 Å². The van der Waals surface area contributed by atoms with E-state index in [9.17, 15) is 4.79 Å². The van der Waals surface area contributed by atoms with Crippen molar-refractivity contribution in [2.75, 3.05) is 6.54 Å². The van der Waals surface area contributed by atoms with E-state index in [0.29, 0.717) is 12.5 Å². The predicted molar refractivity (Wildman–Crippen MR) is 56.4 cm³/mol. The van der Waals surface area contributed by atoms with Crippen molar-refractivity contribution in [2.45, 2.75) is 51.6 Å². The van der Waals surface area contributed by atoms with Gasteiger partial charge in [-0.05, 0) is 32.7 Å². The summed E-state index contributed by atoms with van der Waals surface area (Å²) in [6.07, 6.45) is 4.07. The summed E-state index contributed by atoms with van der Waals surface area (Å²) in [5.41, 5.74) is 2.16. The zero-order valence-corrected chi connectivity index (χ0v) is 9.12. The molecule has 1 amide bonds. The van der Waals surface area contributed by atoms with Crippen LogP contribution in [0.3, 0.4) is 0 Å². The van der Waals surface area contributed by atoms with Crippen molar-refractivity contribution >= 4 is 5.91 Å². The van der Waals surface area contributed by atoms with E-state index >= 15 is 0 Å². The molecule has 0 aromatic rings. The molecule has 1 atom stereocenters. The lowest BCUT2D eigenvalue weighted by atomic mass is 10.1. The number of nitrogens with two attached hydrogens (primary N) is 1. The maximum Gasteiger partial charge on any atom is 0.233 e. The second-order valence-electron chi connectivity index (χ2n) is 4.02. The zero-order valence-electron chi connectivity index (χ0n) is 9.12. The average Bonchev–Trinajstić information content (AvgIpc) is 2.99.